The second kappa shape index (κ2) is 12.9. The molecular weight excluding hydrogens is 498 g/mol. The lowest BCUT2D eigenvalue weighted by Gasteiger charge is -2.35. The number of carbonyl (C=O) groups excluding carboxylic acids is 4. The summed E-state index contributed by atoms with van der Waals surface area (Å²) in [4.78, 5) is 53.3. The maximum Gasteiger partial charge on any atom is 0.243 e. The minimum absolute atomic E-state index is 0.00549. The summed E-state index contributed by atoms with van der Waals surface area (Å²) in [5.74, 6) is -1.88. The van der Waals surface area contributed by atoms with Crippen LogP contribution in [0.5, 0.6) is 0 Å². The molecule has 208 valence electrons. The third kappa shape index (κ3) is 7.01. The number of benzene rings is 2. The van der Waals surface area contributed by atoms with Crippen LogP contribution in [0.2, 0.25) is 0 Å². The summed E-state index contributed by atoms with van der Waals surface area (Å²) in [6, 6.07) is 15.4. The van der Waals surface area contributed by atoms with E-state index in [0.29, 0.717) is 32.1 Å². The van der Waals surface area contributed by atoms with Crippen LogP contribution in [-0.4, -0.2) is 63.9 Å². The molecular formula is C29H37N5O5. The summed E-state index contributed by atoms with van der Waals surface area (Å²) >= 11 is 0. The van der Waals surface area contributed by atoms with Gasteiger partial charge in [-0.3, -0.25) is 19.2 Å². The predicted octanol–water partition coefficient (Wildman–Crippen LogP) is 0.874. The number of primary amides is 1. The number of aliphatic hydroxyl groups excluding tert-OH is 1. The van der Waals surface area contributed by atoms with Gasteiger partial charge in [-0.05, 0) is 49.7 Å². The highest BCUT2D eigenvalue weighted by Gasteiger charge is 2.44. The van der Waals surface area contributed by atoms with E-state index < -0.39 is 48.0 Å². The van der Waals surface area contributed by atoms with Crippen molar-refractivity contribution in [2.75, 3.05) is 0 Å². The summed E-state index contributed by atoms with van der Waals surface area (Å²) in [7, 11) is 0. The van der Waals surface area contributed by atoms with Crippen LogP contribution < -0.4 is 22.1 Å². The Labute approximate surface area is 228 Å². The molecule has 2 saturated heterocycles. The average molecular weight is 536 g/mol. The highest BCUT2D eigenvalue weighted by atomic mass is 16.3. The number of amides is 4. The lowest BCUT2D eigenvalue weighted by atomic mass is 9.97. The molecule has 0 aromatic heterocycles. The van der Waals surface area contributed by atoms with Crippen molar-refractivity contribution in [2.45, 2.75) is 81.3 Å². The topological polar surface area (TPSA) is 168 Å². The van der Waals surface area contributed by atoms with E-state index in [-0.39, 0.29) is 24.8 Å². The van der Waals surface area contributed by atoms with Gasteiger partial charge in [-0.15, -0.1) is 0 Å². The molecule has 4 amide bonds. The molecule has 5 atom stereocenters. The van der Waals surface area contributed by atoms with Gasteiger partial charge < -0.3 is 32.1 Å². The average Bonchev–Trinajstić information content (AvgIpc) is 3.35. The molecule has 4 rings (SSSR count). The van der Waals surface area contributed by atoms with Crippen LogP contribution in [0.15, 0.2) is 60.7 Å². The molecule has 0 radical (unpaired) electrons. The molecule has 39 heavy (non-hydrogen) atoms. The first-order chi connectivity index (χ1) is 18.7. The van der Waals surface area contributed by atoms with E-state index in [2.05, 4.69) is 10.6 Å². The van der Waals surface area contributed by atoms with Crippen molar-refractivity contribution in [3.8, 4) is 0 Å². The minimum atomic E-state index is -1.05. The monoisotopic (exact) mass is 535 g/mol. The zero-order valence-corrected chi connectivity index (χ0v) is 21.9. The fraction of sp³-hybridized carbons (Fsp3) is 0.448. The fourth-order valence-electron chi connectivity index (χ4n) is 5.54. The van der Waals surface area contributed by atoms with E-state index in [0.717, 1.165) is 11.1 Å². The summed E-state index contributed by atoms with van der Waals surface area (Å²) in [5.41, 5.74) is 13.2. The zero-order valence-electron chi connectivity index (χ0n) is 21.9. The van der Waals surface area contributed by atoms with E-state index in [1.165, 1.54) is 4.90 Å². The van der Waals surface area contributed by atoms with Crippen molar-refractivity contribution in [3.63, 3.8) is 0 Å². The van der Waals surface area contributed by atoms with Gasteiger partial charge in [-0.25, -0.2) is 0 Å². The quantitative estimate of drug-likeness (QED) is 0.319. The molecule has 0 bridgehead atoms. The molecule has 2 aromatic carbocycles. The first-order valence-corrected chi connectivity index (χ1v) is 13.5. The molecule has 0 saturated carbocycles. The number of nitrogens with one attached hydrogen (secondary N) is 2. The normalized spacial score (nSPS) is 23.9. The van der Waals surface area contributed by atoms with Crippen molar-refractivity contribution in [1.29, 1.82) is 0 Å². The van der Waals surface area contributed by atoms with Gasteiger partial charge in [-0.1, -0.05) is 60.7 Å². The standard InChI is InChI=1S/C29H37N5O5/c30-22-13-12-21(35)17-20-11-15-24(34(20)29(22)39)28(38)32-23(14-16-25(31)36)27(37)33-26(18-7-3-1-4-8-18)19-9-5-2-6-10-19/h1-10,20-24,26,35H,11-17,30H2,(H2,31,36)(H,32,38)(H,33,37)/t20-,21-,22+,23+,24+/m1/s1. The number of aliphatic hydroxyl groups is 1. The van der Waals surface area contributed by atoms with Crippen molar-refractivity contribution in [1.82, 2.24) is 15.5 Å². The smallest absolute Gasteiger partial charge is 0.243 e. The highest BCUT2D eigenvalue weighted by molar-refractivity contribution is 5.94. The van der Waals surface area contributed by atoms with Crippen molar-refractivity contribution in [2.24, 2.45) is 11.5 Å². The first-order valence-electron chi connectivity index (χ1n) is 13.5. The van der Waals surface area contributed by atoms with Gasteiger partial charge in [0.2, 0.25) is 23.6 Å². The van der Waals surface area contributed by atoms with Gasteiger partial charge >= 0.3 is 0 Å². The van der Waals surface area contributed by atoms with E-state index in [4.69, 9.17) is 11.5 Å². The molecule has 2 fully saturated rings. The van der Waals surface area contributed by atoms with Crippen LogP contribution in [0, 0.1) is 0 Å². The predicted molar refractivity (Wildman–Crippen MR) is 145 cm³/mol. The molecule has 10 nitrogen and oxygen atoms in total. The minimum Gasteiger partial charge on any atom is -0.393 e. The van der Waals surface area contributed by atoms with Gasteiger partial charge in [-0.2, -0.15) is 0 Å². The molecule has 0 spiro atoms. The summed E-state index contributed by atoms with van der Waals surface area (Å²) in [6.45, 7) is 0. The van der Waals surface area contributed by atoms with Crippen LogP contribution in [0.25, 0.3) is 0 Å². The lowest BCUT2D eigenvalue weighted by Crippen LogP contribution is -2.58. The number of carbonyl (C=O) groups is 4. The molecule has 7 N–H and O–H groups in total. The SMILES string of the molecule is NC(=O)CC[C@H](NC(=O)[C@@H]1CC[C@@H]2C[C@H](O)CC[C@H](N)C(=O)N21)C(=O)NC(c1ccccc1)c1ccccc1. The Bertz CT molecular complexity index is 1120. The lowest BCUT2D eigenvalue weighted by molar-refractivity contribution is -0.143. The third-order valence-corrected chi connectivity index (χ3v) is 7.60. The van der Waals surface area contributed by atoms with Crippen LogP contribution in [0.3, 0.4) is 0 Å². The van der Waals surface area contributed by atoms with Crippen molar-refractivity contribution < 1.29 is 24.3 Å². The second-order valence-corrected chi connectivity index (χ2v) is 10.4. The molecule has 2 heterocycles. The maximum atomic E-state index is 13.6. The molecule has 2 aromatic rings. The molecule has 0 unspecified atom stereocenters. The van der Waals surface area contributed by atoms with Crippen molar-refractivity contribution >= 4 is 23.6 Å². The third-order valence-electron chi connectivity index (χ3n) is 7.60. The number of hydrogen-bond donors (Lipinski definition) is 5. The highest BCUT2D eigenvalue weighted by Crippen LogP contribution is 2.31. The first kappa shape index (κ1) is 28.3. The number of rotatable bonds is 9. The molecule has 2 aliphatic rings. The number of fused-ring (bicyclic) bond motifs is 1. The van der Waals surface area contributed by atoms with E-state index >= 15 is 0 Å². The summed E-state index contributed by atoms with van der Waals surface area (Å²) in [5, 5.41) is 16.1. The second-order valence-electron chi connectivity index (χ2n) is 10.4. The molecule has 10 heteroatoms. The largest absolute Gasteiger partial charge is 0.393 e. The maximum absolute atomic E-state index is 13.6. The van der Waals surface area contributed by atoms with E-state index in [1.54, 1.807) is 0 Å². The Morgan fingerprint density at radius 1 is 0.923 bits per heavy atom. The van der Waals surface area contributed by atoms with Gasteiger partial charge in [0.25, 0.3) is 0 Å². The number of nitrogens with zero attached hydrogens (tertiary/aromatic N) is 1. The van der Waals surface area contributed by atoms with E-state index in [1.807, 2.05) is 60.7 Å². The summed E-state index contributed by atoms with van der Waals surface area (Å²) < 4.78 is 0. The summed E-state index contributed by atoms with van der Waals surface area (Å²) in [6.07, 6.45) is 1.40. The van der Waals surface area contributed by atoms with Gasteiger partial charge in [0.15, 0.2) is 0 Å². The van der Waals surface area contributed by atoms with Gasteiger partial charge in [0.05, 0.1) is 18.2 Å². The fourth-order valence-corrected chi connectivity index (χ4v) is 5.54. The Balaban J connectivity index is 1.54. The molecule has 0 aliphatic carbocycles. The number of nitrogens with two attached hydrogens (primary N) is 2. The van der Waals surface area contributed by atoms with Gasteiger partial charge in [0, 0.05) is 12.5 Å². The van der Waals surface area contributed by atoms with Crippen LogP contribution in [0.1, 0.15) is 62.1 Å². The Morgan fingerprint density at radius 3 is 2.13 bits per heavy atom. The Morgan fingerprint density at radius 2 is 1.54 bits per heavy atom. The number of hydrogen-bond acceptors (Lipinski definition) is 6. The zero-order chi connectivity index (χ0) is 27.9. The van der Waals surface area contributed by atoms with E-state index in [9.17, 15) is 24.3 Å². The van der Waals surface area contributed by atoms with Crippen LogP contribution >= 0.6 is 0 Å². The van der Waals surface area contributed by atoms with Crippen LogP contribution in [-0.2, 0) is 19.2 Å². The molecule has 2 aliphatic heterocycles. The Kier molecular flexibility index (Phi) is 9.32. The van der Waals surface area contributed by atoms with Gasteiger partial charge in [0.1, 0.15) is 12.1 Å². The van der Waals surface area contributed by atoms with Crippen molar-refractivity contribution in [3.05, 3.63) is 71.8 Å². The Hall–Kier alpha value is -3.76. The van der Waals surface area contributed by atoms with Crippen LogP contribution in [0.4, 0.5) is 0 Å².